The van der Waals surface area contributed by atoms with Crippen LogP contribution in [0, 0.1) is 0 Å². The first-order chi connectivity index (χ1) is 9.40. The molecule has 0 aliphatic heterocycles. The second kappa shape index (κ2) is 5.83. The van der Waals surface area contributed by atoms with E-state index in [1.807, 2.05) is 30.3 Å². The van der Waals surface area contributed by atoms with E-state index in [4.69, 9.17) is 17.3 Å². The Hall–Kier alpha value is -1.56. The van der Waals surface area contributed by atoms with E-state index in [9.17, 15) is 8.42 Å². The molecule has 6 heteroatoms. The highest BCUT2D eigenvalue weighted by atomic mass is 35.5. The lowest BCUT2D eigenvalue weighted by Gasteiger charge is -2.15. The SMILES string of the molecule is C[C@@H](NS(=O)(=O)c1cc(Cl)ccc1N)c1ccccc1. The summed E-state index contributed by atoms with van der Waals surface area (Å²) >= 11 is 5.83. The molecule has 1 atom stereocenters. The molecule has 0 fully saturated rings. The molecule has 0 aliphatic carbocycles. The van der Waals surface area contributed by atoms with Crippen molar-refractivity contribution in [1.29, 1.82) is 0 Å². The molecule has 0 saturated carbocycles. The highest BCUT2D eigenvalue weighted by Gasteiger charge is 2.21. The zero-order valence-electron chi connectivity index (χ0n) is 10.9. The zero-order valence-corrected chi connectivity index (χ0v) is 12.4. The molecule has 2 aromatic rings. The number of anilines is 1. The lowest BCUT2D eigenvalue weighted by Crippen LogP contribution is -2.27. The predicted octanol–water partition coefficient (Wildman–Crippen LogP) is 2.96. The zero-order chi connectivity index (χ0) is 14.8. The monoisotopic (exact) mass is 310 g/mol. The fraction of sp³-hybridized carbons (Fsp3) is 0.143. The van der Waals surface area contributed by atoms with Crippen LogP contribution in [0.25, 0.3) is 0 Å². The Kier molecular flexibility index (Phi) is 4.32. The molecule has 0 unspecified atom stereocenters. The number of benzene rings is 2. The molecule has 0 bridgehead atoms. The second-order valence-electron chi connectivity index (χ2n) is 4.44. The Balaban J connectivity index is 2.30. The van der Waals surface area contributed by atoms with Crippen LogP contribution in [0.5, 0.6) is 0 Å². The predicted molar refractivity (Wildman–Crippen MR) is 81.0 cm³/mol. The van der Waals surface area contributed by atoms with Gasteiger partial charge in [0.1, 0.15) is 4.90 Å². The minimum Gasteiger partial charge on any atom is -0.398 e. The normalized spacial score (nSPS) is 13.1. The van der Waals surface area contributed by atoms with Crippen LogP contribution in [0.4, 0.5) is 5.69 Å². The van der Waals surface area contributed by atoms with Crippen LogP contribution >= 0.6 is 11.6 Å². The first kappa shape index (κ1) is 14.8. The molecule has 0 aromatic heterocycles. The standard InChI is InChI=1S/C14H15ClN2O2S/c1-10(11-5-3-2-4-6-11)17-20(18,19)14-9-12(15)7-8-13(14)16/h2-10,17H,16H2,1H3/t10-/m1/s1. The Morgan fingerprint density at radius 1 is 1.15 bits per heavy atom. The first-order valence-corrected chi connectivity index (χ1v) is 7.88. The van der Waals surface area contributed by atoms with Crippen LogP contribution in [0.3, 0.4) is 0 Å². The summed E-state index contributed by atoms with van der Waals surface area (Å²) in [5.41, 5.74) is 6.75. The molecule has 3 N–H and O–H groups in total. The maximum atomic E-state index is 12.3. The van der Waals surface area contributed by atoms with Crippen LogP contribution in [-0.4, -0.2) is 8.42 Å². The molecule has 0 saturated heterocycles. The van der Waals surface area contributed by atoms with Gasteiger partial charge in [0, 0.05) is 11.1 Å². The van der Waals surface area contributed by atoms with Crippen molar-refractivity contribution in [2.45, 2.75) is 17.9 Å². The molecule has 20 heavy (non-hydrogen) atoms. The molecule has 0 amide bonds. The molecule has 106 valence electrons. The van der Waals surface area contributed by atoms with E-state index in [1.54, 1.807) is 13.0 Å². The van der Waals surface area contributed by atoms with Crippen molar-refractivity contribution in [3.05, 3.63) is 59.1 Å². The fourth-order valence-corrected chi connectivity index (χ4v) is 3.47. The van der Waals surface area contributed by atoms with Crippen molar-refractivity contribution in [3.63, 3.8) is 0 Å². The number of rotatable bonds is 4. The van der Waals surface area contributed by atoms with Gasteiger partial charge in [0.15, 0.2) is 0 Å². The maximum absolute atomic E-state index is 12.3. The Morgan fingerprint density at radius 3 is 2.45 bits per heavy atom. The minimum atomic E-state index is -3.72. The third-order valence-electron chi connectivity index (χ3n) is 2.90. The van der Waals surface area contributed by atoms with Crippen LogP contribution in [0.2, 0.25) is 5.02 Å². The van der Waals surface area contributed by atoms with E-state index in [0.29, 0.717) is 5.02 Å². The van der Waals surface area contributed by atoms with E-state index in [0.717, 1.165) is 5.56 Å². The summed E-state index contributed by atoms with van der Waals surface area (Å²) in [6.07, 6.45) is 0. The van der Waals surface area contributed by atoms with Crippen LogP contribution in [0.1, 0.15) is 18.5 Å². The van der Waals surface area contributed by atoms with Gasteiger partial charge in [0.2, 0.25) is 10.0 Å². The molecular weight excluding hydrogens is 296 g/mol. The summed E-state index contributed by atoms with van der Waals surface area (Å²) < 4.78 is 27.3. The number of halogens is 1. The topological polar surface area (TPSA) is 72.2 Å². The average Bonchev–Trinajstić information content (AvgIpc) is 2.42. The Labute approximate surface area is 123 Å². The van der Waals surface area contributed by atoms with E-state index in [1.165, 1.54) is 12.1 Å². The summed E-state index contributed by atoms with van der Waals surface area (Å²) in [7, 11) is -3.72. The van der Waals surface area contributed by atoms with E-state index < -0.39 is 10.0 Å². The van der Waals surface area contributed by atoms with Crippen molar-refractivity contribution < 1.29 is 8.42 Å². The van der Waals surface area contributed by atoms with Gasteiger partial charge in [-0.2, -0.15) is 0 Å². The number of sulfonamides is 1. The van der Waals surface area contributed by atoms with Gasteiger partial charge < -0.3 is 5.73 Å². The number of nitrogen functional groups attached to an aromatic ring is 1. The summed E-state index contributed by atoms with van der Waals surface area (Å²) in [5.74, 6) is 0. The number of hydrogen-bond donors (Lipinski definition) is 2. The van der Waals surface area contributed by atoms with Gasteiger partial charge in [-0.15, -0.1) is 0 Å². The molecule has 0 aliphatic rings. The highest BCUT2D eigenvalue weighted by molar-refractivity contribution is 7.89. The Bertz CT molecular complexity index is 702. The van der Waals surface area contributed by atoms with Crippen molar-refractivity contribution in [3.8, 4) is 0 Å². The maximum Gasteiger partial charge on any atom is 0.243 e. The van der Waals surface area contributed by atoms with Gasteiger partial charge in [-0.1, -0.05) is 41.9 Å². The van der Waals surface area contributed by atoms with Crippen molar-refractivity contribution in [2.24, 2.45) is 0 Å². The summed E-state index contributed by atoms with van der Waals surface area (Å²) in [6, 6.07) is 13.3. The van der Waals surface area contributed by atoms with E-state index in [2.05, 4.69) is 4.72 Å². The third-order valence-corrected chi connectivity index (χ3v) is 4.73. The molecule has 0 spiro atoms. The van der Waals surface area contributed by atoms with E-state index in [-0.39, 0.29) is 16.6 Å². The fourth-order valence-electron chi connectivity index (χ4n) is 1.85. The number of nitrogens with two attached hydrogens (primary N) is 1. The van der Waals surface area contributed by atoms with Crippen molar-refractivity contribution in [1.82, 2.24) is 4.72 Å². The minimum absolute atomic E-state index is 0.00668. The molecule has 0 heterocycles. The molecule has 4 nitrogen and oxygen atoms in total. The summed E-state index contributed by atoms with van der Waals surface area (Å²) in [4.78, 5) is -0.00668. The Morgan fingerprint density at radius 2 is 1.80 bits per heavy atom. The van der Waals surface area contributed by atoms with Crippen molar-refractivity contribution >= 4 is 27.3 Å². The van der Waals surface area contributed by atoms with Gasteiger partial charge in [-0.3, -0.25) is 0 Å². The largest absolute Gasteiger partial charge is 0.398 e. The summed E-state index contributed by atoms with van der Waals surface area (Å²) in [5, 5.41) is 0.326. The average molecular weight is 311 g/mol. The van der Waals surface area contributed by atoms with Gasteiger partial charge >= 0.3 is 0 Å². The van der Waals surface area contributed by atoms with E-state index >= 15 is 0 Å². The second-order valence-corrected chi connectivity index (χ2v) is 6.55. The smallest absolute Gasteiger partial charge is 0.243 e. The lowest BCUT2D eigenvalue weighted by molar-refractivity contribution is 0.567. The molecular formula is C14H15ClN2O2S. The summed E-state index contributed by atoms with van der Waals surface area (Å²) in [6.45, 7) is 1.77. The van der Waals surface area contributed by atoms with Gasteiger partial charge in [-0.25, -0.2) is 13.1 Å². The van der Waals surface area contributed by atoms with Crippen LogP contribution in [0.15, 0.2) is 53.4 Å². The third kappa shape index (κ3) is 3.30. The van der Waals surface area contributed by atoms with Crippen LogP contribution in [-0.2, 0) is 10.0 Å². The lowest BCUT2D eigenvalue weighted by atomic mass is 10.1. The van der Waals surface area contributed by atoms with Gasteiger partial charge in [-0.05, 0) is 30.7 Å². The molecule has 0 radical (unpaired) electrons. The van der Waals surface area contributed by atoms with Gasteiger partial charge in [0.25, 0.3) is 0 Å². The molecule has 2 rings (SSSR count). The highest BCUT2D eigenvalue weighted by Crippen LogP contribution is 2.24. The molecule has 2 aromatic carbocycles. The number of nitrogens with one attached hydrogen (secondary N) is 1. The van der Waals surface area contributed by atoms with Crippen molar-refractivity contribution in [2.75, 3.05) is 5.73 Å². The van der Waals surface area contributed by atoms with Crippen LogP contribution < -0.4 is 10.5 Å². The first-order valence-electron chi connectivity index (χ1n) is 6.02. The van der Waals surface area contributed by atoms with Gasteiger partial charge in [0.05, 0.1) is 5.69 Å². The number of hydrogen-bond acceptors (Lipinski definition) is 3. The quantitative estimate of drug-likeness (QED) is 0.853.